The Balaban J connectivity index is 1.72. The number of hydrogen-bond acceptors (Lipinski definition) is 3. The summed E-state index contributed by atoms with van der Waals surface area (Å²) in [4.78, 5) is 13.9. The third-order valence-electron chi connectivity index (χ3n) is 3.31. The van der Waals surface area contributed by atoms with Gasteiger partial charge in [-0.15, -0.1) is 0 Å². The second kappa shape index (κ2) is 5.72. The molecule has 0 unspecified atom stereocenters. The molecule has 1 aliphatic carbocycles. The molecule has 0 aromatic heterocycles. The first-order chi connectivity index (χ1) is 10.1. The highest BCUT2D eigenvalue weighted by molar-refractivity contribution is 7.99. The molecule has 1 aliphatic rings. The fourth-order valence-electron chi connectivity index (χ4n) is 1.87. The quantitative estimate of drug-likeness (QED) is 0.897. The molecule has 108 valence electrons. The van der Waals surface area contributed by atoms with Gasteiger partial charge in [0.15, 0.2) is 0 Å². The predicted molar refractivity (Wildman–Crippen MR) is 84.8 cm³/mol. The van der Waals surface area contributed by atoms with Crippen molar-refractivity contribution in [3.05, 3.63) is 53.6 Å². The molecule has 3 rings (SSSR count). The van der Waals surface area contributed by atoms with Crippen molar-refractivity contribution in [2.75, 3.05) is 5.32 Å². The predicted octanol–water partition coefficient (Wildman–Crippen LogP) is 3.95. The SMILES string of the molecule is O=C(Nc1ccc(Sc2ccccc2)cc1Cl)C1(O)CC1. The minimum absolute atomic E-state index is 0.382. The number of rotatable bonds is 4. The van der Waals surface area contributed by atoms with Crippen LogP contribution in [0.3, 0.4) is 0 Å². The van der Waals surface area contributed by atoms with E-state index in [0.29, 0.717) is 23.6 Å². The lowest BCUT2D eigenvalue weighted by molar-refractivity contribution is -0.125. The molecule has 1 fully saturated rings. The van der Waals surface area contributed by atoms with Gasteiger partial charge < -0.3 is 10.4 Å². The van der Waals surface area contributed by atoms with E-state index in [0.717, 1.165) is 9.79 Å². The Morgan fingerprint density at radius 1 is 1.14 bits per heavy atom. The van der Waals surface area contributed by atoms with Crippen LogP contribution in [0, 0.1) is 0 Å². The smallest absolute Gasteiger partial charge is 0.256 e. The number of halogens is 1. The Kier molecular flexibility index (Phi) is 3.93. The van der Waals surface area contributed by atoms with Crippen LogP contribution in [-0.2, 0) is 4.79 Å². The van der Waals surface area contributed by atoms with Crippen LogP contribution in [-0.4, -0.2) is 16.6 Å². The summed E-state index contributed by atoms with van der Waals surface area (Å²) in [5.41, 5.74) is -0.666. The fraction of sp³-hybridized carbons (Fsp3) is 0.188. The second-order valence-electron chi connectivity index (χ2n) is 5.04. The van der Waals surface area contributed by atoms with Crippen LogP contribution in [0.4, 0.5) is 5.69 Å². The van der Waals surface area contributed by atoms with Crippen molar-refractivity contribution in [2.24, 2.45) is 0 Å². The van der Waals surface area contributed by atoms with Gasteiger partial charge in [-0.25, -0.2) is 0 Å². The fourth-order valence-corrected chi connectivity index (χ4v) is 3.04. The zero-order chi connectivity index (χ0) is 14.9. The van der Waals surface area contributed by atoms with E-state index < -0.39 is 5.60 Å². The third kappa shape index (κ3) is 3.40. The number of aliphatic hydroxyl groups is 1. The standard InChI is InChI=1S/C16H14ClNO2S/c17-13-10-12(21-11-4-2-1-3-5-11)6-7-14(13)18-15(19)16(20)8-9-16/h1-7,10,20H,8-9H2,(H,18,19). The van der Waals surface area contributed by atoms with Gasteiger partial charge in [-0.05, 0) is 43.2 Å². The molecule has 0 spiro atoms. The molecule has 2 aromatic carbocycles. The Hall–Kier alpha value is -1.49. The topological polar surface area (TPSA) is 49.3 Å². The van der Waals surface area contributed by atoms with E-state index in [4.69, 9.17) is 11.6 Å². The van der Waals surface area contributed by atoms with E-state index in [1.54, 1.807) is 17.8 Å². The van der Waals surface area contributed by atoms with Crippen molar-refractivity contribution in [3.8, 4) is 0 Å². The zero-order valence-corrected chi connectivity index (χ0v) is 12.7. The lowest BCUT2D eigenvalue weighted by Crippen LogP contribution is -2.29. The first-order valence-electron chi connectivity index (χ1n) is 6.63. The van der Waals surface area contributed by atoms with E-state index in [9.17, 15) is 9.90 Å². The summed E-state index contributed by atoms with van der Waals surface area (Å²) in [6, 6.07) is 15.5. The van der Waals surface area contributed by atoms with Gasteiger partial charge in [0.1, 0.15) is 5.60 Å². The molecule has 1 amide bonds. The van der Waals surface area contributed by atoms with E-state index in [-0.39, 0.29) is 5.91 Å². The van der Waals surface area contributed by atoms with Crippen LogP contribution in [0.1, 0.15) is 12.8 Å². The molecular formula is C16H14ClNO2S. The molecule has 0 atom stereocenters. The largest absolute Gasteiger partial charge is 0.380 e. The summed E-state index contributed by atoms with van der Waals surface area (Å²) in [5.74, 6) is -0.382. The van der Waals surface area contributed by atoms with Crippen LogP contribution in [0.15, 0.2) is 58.3 Å². The molecule has 0 radical (unpaired) electrons. The van der Waals surface area contributed by atoms with Crippen molar-refractivity contribution in [1.29, 1.82) is 0 Å². The average molecular weight is 320 g/mol. The number of carbonyl (C=O) groups is 1. The van der Waals surface area contributed by atoms with Gasteiger partial charge >= 0.3 is 0 Å². The summed E-state index contributed by atoms with van der Waals surface area (Å²) in [6.45, 7) is 0. The lowest BCUT2D eigenvalue weighted by Gasteiger charge is -2.11. The molecule has 5 heteroatoms. The van der Waals surface area contributed by atoms with Gasteiger partial charge in [0, 0.05) is 9.79 Å². The highest BCUT2D eigenvalue weighted by Gasteiger charge is 2.48. The Morgan fingerprint density at radius 2 is 1.86 bits per heavy atom. The van der Waals surface area contributed by atoms with Gasteiger partial charge in [0.05, 0.1) is 10.7 Å². The summed E-state index contributed by atoms with van der Waals surface area (Å²) in [6.07, 6.45) is 1.02. The molecule has 0 bridgehead atoms. The summed E-state index contributed by atoms with van der Waals surface area (Å²) < 4.78 is 0. The first kappa shape index (κ1) is 14.4. The van der Waals surface area contributed by atoms with Crippen molar-refractivity contribution in [3.63, 3.8) is 0 Å². The van der Waals surface area contributed by atoms with E-state index in [1.165, 1.54) is 0 Å². The zero-order valence-electron chi connectivity index (χ0n) is 11.2. The highest BCUT2D eigenvalue weighted by Crippen LogP contribution is 2.37. The van der Waals surface area contributed by atoms with Crippen LogP contribution in [0.25, 0.3) is 0 Å². The van der Waals surface area contributed by atoms with E-state index in [1.807, 2.05) is 42.5 Å². The number of carbonyl (C=O) groups excluding carboxylic acids is 1. The van der Waals surface area contributed by atoms with Crippen molar-refractivity contribution in [1.82, 2.24) is 0 Å². The molecule has 2 aromatic rings. The van der Waals surface area contributed by atoms with Gasteiger partial charge in [-0.3, -0.25) is 4.79 Å². The van der Waals surface area contributed by atoms with Crippen LogP contribution in [0.2, 0.25) is 5.02 Å². The number of nitrogens with one attached hydrogen (secondary N) is 1. The third-order valence-corrected chi connectivity index (χ3v) is 4.62. The second-order valence-corrected chi connectivity index (χ2v) is 6.60. The van der Waals surface area contributed by atoms with E-state index >= 15 is 0 Å². The molecule has 21 heavy (non-hydrogen) atoms. The van der Waals surface area contributed by atoms with Gasteiger partial charge in [0.25, 0.3) is 5.91 Å². The van der Waals surface area contributed by atoms with Gasteiger partial charge in [-0.1, -0.05) is 41.6 Å². The number of anilines is 1. The molecule has 0 heterocycles. The monoisotopic (exact) mass is 319 g/mol. The summed E-state index contributed by atoms with van der Waals surface area (Å²) in [5, 5.41) is 12.9. The number of benzene rings is 2. The average Bonchev–Trinajstić information content (AvgIpc) is 3.22. The molecular weight excluding hydrogens is 306 g/mol. The van der Waals surface area contributed by atoms with Crippen LogP contribution >= 0.6 is 23.4 Å². The summed E-state index contributed by atoms with van der Waals surface area (Å²) >= 11 is 7.80. The lowest BCUT2D eigenvalue weighted by atomic mass is 10.2. The van der Waals surface area contributed by atoms with Crippen LogP contribution in [0.5, 0.6) is 0 Å². The van der Waals surface area contributed by atoms with Gasteiger partial charge in [-0.2, -0.15) is 0 Å². The minimum Gasteiger partial charge on any atom is -0.380 e. The summed E-state index contributed by atoms with van der Waals surface area (Å²) in [7, 11) is 0. The maximum atomic E-state index is 11.8. The first-order valence-corrected chi connectivity index (χ1v) is 7.83. The van der Waals surface area contributed by atoms with E-state index in [2.05, 4.69) is 5.32 Å². The van der Waals surface area contributed by atoms with Crippen molar-refractivity contribution in [2.45, 2.75) is 28.2 Å². The maximum absolute atomic E-state index is 11.8. The normalized spacial score (nSPS) is 15.5. The molecule has 1 saturated carbocycles. The van der Waals surface area contributed by atoms with Gasteiger partial charge in [0.2, 0.25) is 0 Å². The number of amides is 1. The minimum atomic E-state index is -1.19. The molecule has 2 N–H and O–H groups in total. The Morgan fingerprint density at radius 3 is 2.48 bits per heavy atom. The molecule has 0 aliphatic heterocycles. The molecule has 3 nitrogen and oxygen atoms in total. The van der Waals surface area contributed by atoms with Crippen molar-refractivity contribution >= 4 is 35.0 Å². The Labute approximate surface area is 132 Å². The Bertz CT molecular complexity index is 671. The highest BCUT2D eigenvalue weighted by atomic mass is 35.5. The maximum Gasteiger partial charge on any atom is 0.256 e. The van der Waals surface area contributed by atoms with Crippen LogP contribution < -0.4 is 5.32 Å². The van der Waals surface area contributed by atoms with Crippen molar-refractivity contribution < 1.29 is 9.90 Å². The number of hydrogen-bond donors (Lipinski definition) is 2. The molecule has 0 saturated heterocycles.